The quantitative estimate of drug-likeness (QED) is 0.852. The number of hydrogen-bond acceptors (Lipinski definition) is 3. The molecule has 2 aromatic carbocycles. The number of hydrogen-bond donors (Lipinski definition) is 0. The molecule has 0 spiro atoms. The van der Waals surface area contributed by atoms with Crippen LogP contribution in [0.1, 0.15) is 16.7 Å². The molecule has 0 unspecified atom stereocenters. The van der Waals surface area contributed by atoms with E-state index in [-0.39, 0.29) is 12.5 Å². The van der Waals surface area contributed by atoms with Gasteiger partial charge in [-0.2, -0.15) is 5.26 Å². The smallest absolute Gasteiger partial charge is 0.260 e. The monoisotopic (exact) mass is 294 g/mol. The first-order valence-electron chi connectivity index (χ1n) is 7.01. The molecule has 0 saturated carbocycles. The maximum atomic E-state index is 12.1. The number of benzene rings is 2. The van der Waals surface area contributed by atoms with Crippen molar-refractivity contribution < 1.29 is 9.53 Å². The fourth-order valence-electron chi connectivity index (χ4n) is 1.94. The van der Waals surface area contributed by atoms with Gasteiger partial charge in [-0.25, -0.2) is 0 Å². The summed E-state index contributed by atoms with van der Waals surface area (Å²) in [6, 6.07) is 16.8. The van der Waals surface area contributed by atoms with E-state index in [4.69, 9.17) is 10.00 Å². The lowest BCUT2D eigenvalue weighted by molar-refractivity contribution is -0.132. The van der Waals surface area contributed by atoms with Crippen LogP contribution >= 0.6 is 0 Å². The summed E-state index contributed by atoms with van der Waals surface area (Å²) >= 11 is 0. The first-order chi connectivity index (χ1) is 10.6. The van der Waals surface area contributed by atoms with Crippen LogP contribution in [0.15, 0.2) is 48.5 Å². The van der Waals surface area contributed by atoms with Crippen molar-refractivity contribution in [2.75, 3.05) is 13.7 Å². The predicted molar refractivity (Wildman–Crippen MR) is 84.3 cm³/mol. The summed E-state index contributed by atoms with van der Waals surface area (Å²) in [7, 11) is 1.75. The van der Waals surface area contributed by atoms with Crippen molar-refractivity contribution in [1.82, 2.24) is 4.90 Å². The molecule has 0 aliphatic heterocycles. The number of carbonyl (C=O) groups is 1. The van der Waals surface area contributed by atoms with Crippen LogP contribution in [0, 0.1) is 18.3 Å². The van der Waals surface area contributed by atoms with Crippen LogP contribution in [0.5, 0.6) is 5.75 Å². The summed E-state index contributed by atoms with van der Waals surface area (Å²) in [6.07, 6.45) is 0. The number of nitrogens with zero attached hydrogens (tertiary/aromatic N) is 2. The van der Waals surface area contributed by atoms with Crippen molar-refractivity contribution in [2.45, 2.75) is 13.5 Å². The standard InChI is InChI=1S/C18H18N2O2/c1-14-3-5-16(6-4-14)12-20(2)18(21)13-22-17-9-7-15(11-19)8-10-17/h3-10H,12-13H2,1-2H3. The highest BCUT2D eigenvalue weighted by molar-refractivity contribution is 5.77. The largest absolute Gasteiger partial charge is 0.484 e. The van der Waals surface area contributed by atoms with E-state index in [0.29, 0.717) is 17.9 Å². The normalized spacial score (nSPS) is 9.86. The molecule has 0 atom stereocenters. The molecule has 112 valence electrons. The molecule has 0 aliphatic carbocycles. The van der Waals surface area contributed by atoms with E-state index in [1.54, 1.807) is 36.2 Å². The van der Waals surface area contributed by atoms with Gasteiger partial charge in [0.1, 0.15) is 5.75 Å². The van der Waals surface area contributed by atoms with E-state index in [0.717, 1.165) is 5.56 Å². The third-order valence-corrected chi connectivity index (χ3v) is 3.31. The zero-order valence-corrected chi connectivity index (χ0v) is 12.7. The van der Waals surface area contributed by atoms with Gasteiger partial charge in [0, 0.05) is 13.6 Å². The molecule has 0 heterocycles. The number of aryl methyl sites for hydroxylation is 1. The Labute approximate surface area is 130 Å². The van der Waals surface area contributed by atoms with Crippen molar-refractivity contribution in [3.63, 3.8) is 0 Å². The third-order valence-electron chi connectivity index (χ3n) is 3.31. The molecular weight excluding hydrogens is 276 g/mol. The molecule has 0 aliphatic rings. The summed E-state index contributed by atoms with van der Waals surface area (Å²) in [5, 5.41) is 8.73. The Morgan fingerprint density at radius 3 is 2.36 bits per heavy atom. The molecule has 22 heavy (non-hydrogen) atoms. The summed E-state index contributed by atoms with van der Waals surface area (Å²) in [5.41, 5.74) is 2.84. The highest BCUT2D eigenvalue weighted by Crippen LogP contribution is 2.12. The van der Waals surface area contributed by atoms with Gasteiger partial charge < -0.3 is 9.64 Å². The molecule has 0 fully saturated rings. The lowest BCUT2D eigenvalue weighted by Crippen LogP contribution is -2.30. The van der Waals surface area contributed by atoms with E-state index in [1.807, 2.05) is 37.3 Å². The van der Waals surface area contributed by atoms with E-state index < -0.39 is 0 Å². The topological polar surface area (TPSA) is 53.3 Å². The third kappa shape index (κ3) is 4.35. The van der Waals surface area contributed by atoms with Gasteiger partial charge in [-0.05, 0) is 36.8 Å². The maximum Gasteiger partial charge on any atom is 0.260 e. The minimum Gasteiger partial charge on any atom is -0.484 e. The van der Waals surface area contributed by atoms with Crippen molar-refractivity contribution in [3.05, 3.63) is 65.2 Å². The van der Waals surface area contributed by atoms with Crippen LogP contribution in [0.2, 0.25) is 0 Å². The van der Waals surface area contributed by atoms with Crippen molar-refractivity contribution >= 4 is 5.91 Å². The van der Waals surface area contributed by atoms with Gasteiger partial charge in [-0.3, -0.25) is 4.79 Å². The van der Waals surface area contributed by atoms with E-state index in [2.05, 4.69) is 0 Å². The summed E-state index contributed by atoms with van der Waals surface area (Å²) in [6.45, 7) is 2.56. The van der Waals surface area contributed by atoms with Crippen LogP contribution in [0.25, 0.3) is 0 Å². The van der Waals surface area contributed by atoms with Gasteiger partial charge in [0.05, 0.1) is 11.6 Å². The minimum atomic E-state index is -0.0927. The van der Waals surface area contributed by atoms with Crippen LogP contribution in [-0.4, -0.2) is 24.5 Å². The number of nitriles is 1. The van der Waals surface area contributed by atoms with Gasteiger partial charge in [0.2, 0.25) is 0 Å². The Bertz CT molecular complexity index is 670. The van der Waals surface area contributed by atoms with E-state index in [1.165, 1.54) is 5.56 Å². The molecular formula is C18H18N2O2. The maximum absolute atomic E-state index is 12.1. The lowest BCUT2D eigenvalue weighted by atomic mass is 10.1. The molecule has 4 heteroatoms. The summed E-state index contributed by atoms with van der Waals surface area (Å²) in [5.74, 6) is 0.487. The van der Waals surface area contributed by atoms with Crippen molar-refractivity contribution in [3.8, 4) is 11.8 Å². The van der Waals surface area contributed by atoms with Crippen LogP contribution in [0.4, 0.5) is 0 Å². The van der Waals surface area contributed by atoms with E-state index in [9.17, 15) is 4.79 Å². The number of amides is 1. The van der Waals surface area contributed by atoms with Crippen LogP contribution in [-0.2, 0) is 11.3 Å². The number of carbonyl (C=O) groups excluding carboxylic acids is 1. The SMILES string of the molecule is Cc1ccc(CN(C)C(=O)COc2ccc(C#N)cc2)cc1. The highest BCUT2D eigenvalue weighted by Gasteiger charge is 2.10. The first kappa shape index (κ1) is 15.6. The second-order valence-corrected chi connectivity index (χ2v) is 5.16. The lowest BCUT2D eigenvalue weighted by Gasteiger charge is -2.17. The van der Waals surface area contributed by atoms with Crippen LogP contribution < -0.4 is 4.74 Å². The Morgan fingerprint density at radius 2 is 1.77 bits per heavy atom. The molecule has 0 saturated heterocycles. The van der Waals surface area contributed by atoms with Gasteiger partial charge >= 0.3 is 0 Å². The second kappa shape index (κ2) is 7.28. The van der Waals surface area contributed by atoms with Gasteiger partial charge in [0.25, 0.3) is 5.91 Å². The Morgan fingerprint density at radius 1 is 1.14 bits per heavy atom. The molecule has 0 bridgehead atoms. The van der Waals surface area contributed by atoms with Gasteiger partial charge in [0.15, 0.2) is 6.61 Å². The zero-order valence-electron chi connectivity index (χ0n) is 12.7. The summed E-state index contributed by atoms with van der Waals surface area (Å²) in [4.78, 5) is 13.7. The molecule has 1 amide bonds. The minimum absolute atomic E-state index is 0.0196. The summed E-state index contributed by atoms with van der Waals surface area (Å²) < 4.78 is 5.44. The molecule has 2 rings (SSSR count). The Balaban J connectivity index is 1.85. The molecule has 0 radical (unpaired) electrons. The number of rotatable bonds is 5. The fraction of sp³-hybridized carbons (Fsp3) is 0.222. The molecule has 2 aromatic rings. The first-order valence-corrected chi connectivity index (χ1v) is 7.01. The second-order valence-electron chi connectivity index (χ2n) is 5.16. The number of ether oxygens (including phenoxy) is 1. The fourth-order valence-corrected chi connectivity index (χ4v) is 1.94. The van der Waals surface area contributed by atoms with Crippen molar-refractivity contribution in [1.29, 1.82) is 5.26 Å². The zero-order chi connectivity index (χ0) is 15.9. The van der Waals surface area contributed by atoms with Crippen molar-refractivity contribution in [2.24, 2.45) is 0 Å². The van der Waals surface area contributed by atoms with Crippen LogP contribution in [0.3, 0.4) is 0 Å². The molecule has 0 aromatic heterocycles. The van der Waals surface area contributed by atoms with E-state index >= 15 is 0 Å². The Kier molecular flexibility index (Phi) is 5.16. The highest BCUT2D eigenvalue weighted by atomic mass is 16.5. The predicted octanol–water partition coefficient (Wildman–Crippen LogP) is 2.90. The van der Waals surface area contributed by atoms with Gasteiger partial charge in [-0.15, -0.1) is 0 Å². The Hall–Kier alpha value is -2.80. The molecule has 0 N–H and O–H groups in total. The average molecular weight is 294 g/mol. The molecule has 4 nitrogen and oxygen atoms in total. The van der Waals surface area contributed by atoms with Gasteiger partial charge in [-0.1, -0.05) is 29.8 Å². The average Bonchev–Trinajstić information content (AvgIpc) is 2.55. The number of likely N-dealkylation sites (N-methyl/N-ethyl adjacent to an activating group) is 1.